The SMILES string of the molecule is CCc1cc(C(O)C2CCCC2)c(=O)[nH]n1. The number of aliphatic hydroxyl groups is 1. The topological polar surface area (TPSA) is 66.0 Å². The van der Waals surface area contributed by atoms with Gasteiger partial charge in [0, 0.05) is 5.56 Å². The summed E-state index contributed by atoms with van der Waals surface area (Å²) < 4.78 is 0. The van der Waals surface area contributed by atoms with Crippen LogP contribution in [0, 0.1) is 5.92 Å². The summed E-state index contributed by atoms with van der Waals surface area (Å²) in [7, 11) is 0. The Balaban J connectivity index is 2.27. The Hall–Kier alpha value is -1.16. The molecule has 88 valence electrons. The fraction of sp³-hybridized carbons (Fsp3) is 0.667. The van der Waals surface area contributed by atoms with Gasteiger partial charge in [0.05, 0.1) is 11.8 Å². The van der Waals surface area contributed by atoms with Crippen molar-refractivity contribution in [1.82, 2.24) is 10.2 Å². The fourth-order valence-corrected chi connectivity index (χ4v) is 2.39. The number of rotatable bonds is 3. The van der Waals surface area contributed by atoms with Gasteiger partial charge < -0.3 is 5.11 Å². The summed E-state index contributed by atoms with van der Waals surface area (Å²) in [4.78, 5) is 11.6. The van der Waals surface area contributed by atoms with Crippen molar-refractivity contribution in [2.75, 3.05) is 0 Å². The number of aromatic amines is 1. The highest BCUT2D eigenvalue weighted by atomic mass is 16.3. The van der Waals surface area contributed by atoms with Crippen LogP contribution < -0.4 is 5.56 Å². The molecule has 1 heterocycles. The first-order valence-corrected chi connectivity index (χ1v) is 5.99. The number of aliphatic hydroxyl groups excluding tert-OH is 1. The van der Waals surface area contributed by atoms with Crippen molar-refractivity contribution >= 4 is 0 Å². The molecule has 16 heavy (non-hydrogen) atoms. The highest BCUT2D eigenvalue weighted by Gasteiger charge is 2.26. The van der Waals surface area contributed by atoms with Crippen LogP contribution in [0.2, 0.25) is 0 Å². The fourth-order valence-electron chi connectivity index (χ4n) is 2.39. The van der Waals surface area contributed by atoms with Gasteiger partial charge in [0.1, 0.15) is 0 Å². The van der Waals surface area contributed by atoms with Crippen LogP contribution in [0.1, 0.15) is 50.0 Å². The summed E-state index contributed by atoms with van der Waals surface area (Å²) in [5, 5.41) is 16.5. The molecule has 2 rings (SSSR count). The van der Waals surface area contributed by atoms with Crippen molar-refractivity contribution in [3.05, 3.63) is 27.7 Å². The normalized spacial score (nSPS) is 18.9. The molecule has 0 aromatic carbocycles. The van der Waals surface area contributed by atoms with E-state index >= 15 is 0 Å². The molecule has 1 atom stereocenters. The Labute approximate surface area is 94.7 Å². The third kappa shape index (κ3) is 2.16. The Morgan fingerprint density at radius 1 is 1.56 bits per heavy atom. The van der Waals surface area contributed by atoms with Crippen LogP contribution in [0.3, 0.4) is 0 Å². The summed E-state index contributed by atoms with van der Waals surface area (Å²) in [6.45, 7) is 1.98. The van der Waals surface area contributed by atoms with Crippen LogP contribution >= 0.6 is 0 Å². The van der Waals surface area contributed by atoms with E-state index in [-0.39, 0.29) is 11.5 Å². The first-order chi connectivity index (χ1) is 7.72. The molecular weight excluding hydrogens is 204 g/mol. The molecule has 2 N–H and O–H groups in total. The Morgan fingerprint density at radius 3 is 2.88 bits per heavy atom. The zero-order valence-electron chi connectivity index (χ0n) is 9.57. The first kappa shape index (κ1) is 11.3. The van der Waals surface area contributed by atoms with Gasteiger partial charge in [-0.3, -0.25) is 4.79 Å². The van der Waals surface area contributed by atoms with Gasteiger partial charge >= 0.3 is 0 Å². The largest absolute Gasteiger partial charge is 0.388 e. The summed E-state index contributed by atoms with van der Waals surface area (Å²) >= 11 is 0. The number of aryl methyl sites for hydroxylation is 1. The second-order valence-corrected chi connectivity index (χ2v) is 4.49. The third-order valence-corrected chi connectivity index (χ3v) is 3.41. The first-order valence-electron chi connectivity index (χ1n) is 5.99. The van der Waals surface area contributed by atoms with Gasteiger partial charge in [-0.05, 0) is 31.2 Å². The molecule has 0 saturated heterocycles. The highest BCUT2D eigenvalue weighted by Crippen LogP contribution is 2.34. The van der Waals surface area contributed by atoms with E-state index in [9.17, 15) is 9.90 Å². The van der Waals surface area contributed by atoms with Crippen LogP contribution in [-0.2, 0) is 6.42 Å². The van der Waals surface area contributed by atoms with Crippen LogP contribution in [0.25, 0.3) is 0 Å². The number of nitrogens with zero attached hydrogens (tertiary/aromatic N) is 1. The minimum atomic E-state index is -0.625. The van der Waals surface area contributed by atoms with Gasteiger partial charge in [-0.2, -0.15) is 5.10 Å². The molecule has 0 bridgehead atoms. The zero-order chi connectivity index (χ0) is 11.5. The zero-order valence-corrected chi connectivity index (χ0v) is 9.57. The van der Waals surface area contributed by atoms with Crippen molar-refractivity contribution in [3.63, 3.8) is 0 Å². The van der Waals surface area contributed by atoms with E-state index in [1.165, 1.54) is 0 Å². The molecule has 4 heteroatoms. The molecule has 1 aromatic heterocycles. The molecular formula is C12H18N2O2. The number of H-pyrrole nitrogens is 1. The Bertz CT molecular complexity index is 408. The average molecular weight is 222 g/mol. The highest BCUT2D eigenvalue weighted by molar-refractivity contribution is 5.16. The molecule has 1 saturated carbocycles. The lowest BCUT2D eigenvalue weighted by atomic mass is 9.95. The van der Waals surface area contributed by atoms with Crippen molar-refractivity contribution in [2.24, 2.45) is 5.92 Å². The van der Waals surface area contributed by atoms with Crippen LogP contribution in [0.5, 0.6) is 0 Å². The van der Waals surface area contributed by atoms with Crippen LogP contribution in [0.4, 0.5) is 0 Å². The minimum absolute atomic E-state index is 0.244. The van der Waals surface area contributed by atoms with Crippen molar-refractivity contribution in [1.29, 1.82) is 0 Å². The maximum Gasteiger partial charge on any atom is 0.270 e. The lowest BCUT2D eigenvalue weighted by Gasteiger charge is -2.17. The molecule has 0 spiro atoms. The molecule has 0 aliphatic heterocycles. The maximum atomic E-state index is 11.6. The van der Waals surface area contributed by atoms with Gasteiger partial charge in [-0.1, -0.05) is 19.8 Å². The van der Waals surface area contributed by atoms with E-state index < -0.39 is 6.10 Å². The van der Waals surface area contributed by atoms with Crippen molar-refractivity contribution in [3.8, 4) is 0 Å². The Morgan fingerprint density at radius 2 is 2.25 bits per heavy atom. The Kier molecular flexibility index (Phi) is 3.39. The number of hydrogen-bond donors (Lipinski definition) is 2. The number of hydrogen-bond acceptors (Lipinski definition) is 3. The molecule has 1 aliphatic rings. The number of aromatic nitrogens is 2. The quantitative estimate of drug-likeness (QED) is 0.815. The van der Waals surface area contributed by atoms with E-state index in [0.29, 0.717) is 5.56 Å². The van der Waals surface area contributed by atoms with E-state index in [0.717, 1.165) is 37.8 Å². The van der Waals surface area contributed by atoms with E-state index in [1.54, 1.807) is 6.07 Å². The molecule has 1 fully saturated rings. The second kappa shape index (κ2) is 4.78. The number of nitrogens with one attached hydrogen (secondary N) is 1. The van der Waals surface area contributed by atoms with Gasteiger partial charge in [0.2, 0.25) is 0 Å². The lowest BCUT2D eigenvalue weighted by Crippen LogP contribution is -2.22. The van der Waals surface area contributed by atoms with E-state index in [1.807, 2.05) is 6.92 Å². The molecule has 1 unspecified atom stereocenters. The predicted octanol–water partition coefficient (Wildman–Crippen LogP) is 1.56. The predicted molar refractivity (Wildman–Crippen MR) is 61.2 cm³/mol. The van der Waals surface area contributed by atoms with Gasteiger partial charge in [0.15, 0.2) is 0 Å². The maximum absolute atomic E-state index is 11.6. The summed E-state index contributed by atoms with van der Waals surface area (Å²) in [5.41, 5.74) is 1.06. The minimum Gasteiger partial charge on any atom is -0.388 e. The smallest absolute Gasteiger partial charge is 0.270 e. The van der Waals surface area contributed by atoms with E-state index in [2.05, 4.69) is 10.2 Å². The van der Waals surface area contributed by atoms with Gasteiger partial charge in [0.25, 0.3) is 5.56 Å². The summed E-state index contributed by atoms with van der Waals surface area (Å²) in [5.74, 6) is 0.244. The lowest BCUT2D eigenvalue weighted by molar-refractivity contribution is 0.110. The van der Waals surface area contributed by atoms with Crippen LogP contribution in [0.15, 0.2) is 10.9 Å². The average Bonchev–Trinajstić information content (AvgIpc) is 2.82. The van der Waals surface area contributed by atoms with Crippen LogP contribution in [-0.4, -0.2) is 15.3 Å². The van der Waals surface area contributed by atoms with Crippen molar-refractivity contribution < 1.29 is 5.11 Å². The summed E-state index contributed by atoms with van der Waals surface area (Å²) in [6, 6.07) is 1.74. The van der Waals surface area contributed by atoms with E-state index in [4.69, 9.17) is 0 Å². The molecule has 4 nitrogen and oxygen atoms in total. The second-order valence-electron chi connectivity index (χ2n) is 4.49. The molecule has 0 radical (unpaired) electrons. The van der Waals surface area contributed by atoms with Crippen molar-refractivity contribution in [2.45, 2.75) is 45.1 Å². The third-order valence-electron chi connectivity index (χ3n) is 3.41. The standard InChI is InChI=1S/C12H18N2O2/c1-2-9-7-10(12(16)14-13-9)11(15)8-5-3-4-6-8/h7-8,11,15H,2-6H2,1H3,(H,14,16). The van der Waals surface area contributed by atoms with Gasteiger partial charge in [-0.15, -0.1) is 0 Å². The summed E-state index contributed by atoms with van der Waals surface area (Å²) in [6.07, 6.45) is 4.49. The monoisotopic (exact) mass is 222 g/mol. The molecule has 1 aliphatic carbocycles. The molecule has 0 amide bonds. The van der Waals surface area contributed by atoms with Gasteiger partial charge in [-0.25, -0.2) is 5.10 Å². The molecule has 1 aromatic rings.